The fourth-order valence-corrected chi connectivity index (χ4v) is 8.86. The van der Waals surface area contributed by atoms with Gasteiger partial charge in [-0.25, -0.2) is 0 Å². The van der Waals surface area contributed by atoms with E-state index in [0.717, 1.165) is 41.4 Å². The van der Waals surface area contributed by atoms with Gasteiger partial charge in [0.25, 0.3) is 5.56 Å². The quantitative estimate of drug-likeness (QED) is 0.560. The normalized spacial score (nSPS) is 40.8. The van der Waals surface area contributed by atoms with Crippen LogP contribution in [0.2, 0.25) is 0 Å². The molecule has 1 aromatic heterocycles. The number of nitrogens with zero attached hydrogens (tertiary/aromatic N) is 1. The van der Waals surface area contributed by atoms with Gasteiger partial charge in [0, 0.05) is 29.0 Å². The van der Waals surface area contributed by atoms with Crippen LogP contribution in [-0.4, -0.2) is 63.6 Å². The van der Waals surface area contributed by atoms with Crippen LogP contribution < -0.4 is 5.56 Å². The van der Waals surface area contributed by atoms with Crippen LogP contribution in [0.3, 0.4) is 0 Å². The third-order valence-electron chi connectivity index (χ3n) is 11.2. The number of likely N-dealkylation sites (N-methyl/N-ethyl adjacent to an activating group) is 1. The number of aromatic nitrogens is 1. The molecule has 2 bridgehead atoms. The average molecular weight is 515 g/mol. The average Bonchev–Trinajstić information content (AvgIpc) is 3.40. The number of fused-ring (bicyclic) bond motifs is 2. The molecule has 2 aromatic rings. The van der Waals surface area contributed by atoms with Gasteiger partial charge in [0.1, 0.15) is 6.10 Å². The van der Waals surface area contributed by atoms with E-state index in [1.165, 1.54) is 5.57 Å². The number of H-pyrrole nitrogens is 1. The smallest absolute Gasteiger partial charge is 0.255 e. The summed E-state index contributed by atoms with van der Waals surface area (Å²) < 4.78 is 7.30. The Balaban J connectivity index is 1.37. The van der Waals surface area contributed by atoms with E-state index in [-0.39, 0.29) is 28.3 Å². The topological polar surface area (TPSA) is 85.8 Å². The third kappa shape index (κ3) is 2.84. The summed E-state index contributed by atoms with van der Waals surface area (Å²) in [6.07, 6.45) is 10.2. The van der Waals surface area contributed by atoms with E-state index in [1.807, 2.05) is 25.1 Å². The van der Waals surface area contributed by atoms with E-state index in [4.69, 9.17) is 4.74 Å². The molecule has 1 aromatic carbocycles. The molecule has 2 spiro atoms. The van der Waals surface area contributed by atoms with Crippen molar-refractivity contribution in [2.75, 3.05) is 14.1 Å². The van der Waals surface area contributed by atoms with Crippen molar-refractivity contribution in [1.82, 2.24) is 9.88 Å². The van der Waals surface area contributed by atoms with Crippen LogP contribution in [0, 0.1) is 16.7 Å². The molecule has 2 aliphatic heterocycles. The third-order valence-corrected chi connectivity index (χ3v) is 11.2. The maximum atomic E-state index is 12.6. The Morgan fingerprint density at radius 1 is 1.11 bits per heavy atom. The van der Waals surface area contributed by atoms with E-state index < -0.39 is 23.4 Å². The number of aliphatic hydroxyl groups is 2. The number of aliphatic hydroxyl groups excluding tert-OH is 2. The second-order valence-corrected chi connectivity index (χ2v) is 13.3. The first-order valence-electron chi connectivity index (χ1n) is 13.9. The second-order valence-electron chi connectivity index (χ2n) is 13.3. The van der Waals surface area contributed by atoms with Gasteiger partial charge in [-0.05, 0) is 85.0 Å². The van der Waals surface area contributed by atoms with E-state index in [9.17, 15) is 15.0 Å². The van der Waals surface area contributed by atoms with Gasteiger partial charge in [-0.3, -0.25) is 4.79 Å². The minimum absolute atomic E-state index is 0.0622. The standard InChI is InChI=1S/C32H38N2O4/c1-29(2)16-20-15-23-26(35)27(36)24(34(4)5)17-31(23)11-12-32(20,38-31)25-9-8-22(30(25,29)3)19-7-6-18-10-13-33-28(37)21(18)14-19/h6-8,10,13-16,24-27,35-36H,9,11-12,17H2,1-5H3,(H,33,37). The van der Waals surface area contributed by atoms with E-state index in [2.05, 4.69) is 62.2 Å². The van der Waals surface area contributed by atoms with Crippen molar-refractivity contribution < 1.29 is 14.9 Å². The molecule has 1 saturated carbocycles. The molecule has 3 aliphatic carbocycles. The van der Waals surface area contributed by atoms with Crippen molar-refractivity contribution in [2.45, 2.75) is 75.9 Å². The Morgan fingerprint density at radius 2 is 1.89 bits per heavy atom. The highest BCUT2D eigenvalue weighted by atomic mass is 16.5. The van der Waals surface area contributed by atoms with Crippen molar-refractivity contribution in [2.24, 2.45) is 16.7 Å². The number of allylic oxidation sites excluding steroid dienone is 3. The molecule has 6 nitrogen and oxygen atoms in total. The van der Waals surface area contributed by atoms with Gasteiger partial charge < -0.3 is 24.8 Å². The lowest BCUT2D eigenvalue weighted by Gasteiger charge is -2.60. The SMILES string of the molecule is CN(C)C1CC23CCC4(O2)C(=CC(C)(C)C2(C)C(c5ccc6cc[nH]c(=O)c6c5)=CCC42)C=C3C(O)C1O. The number of aromatic amines is 1. The number of pyridine rings is 1. The predicted molar refractivity (Wildman–Crippen MR) is 149 cm³/mol. The Kier molecular flexibility index (Phi) is 4.88. The molecule has 0 radical (unpaired) electrons. The Hall–Kier alpha value is -2.51. The summed E-state index contributed by atoms with van der Waals surface area (Å²) >= 11 is 0. The Morgan fingerprint density at radius 3 is 2.66 bits per heavy atom. The molecule has 3 N–H and O–H groups in total. The van der Waals surface area contributed by atoms with Crippen LogP contribution >= 0.6 is 0 Å². The first-order valence-corrected chi connectivity index (χ1v) is 13.9. The van der Waals surface area contributed by atoms with Gasteiger partial charge in [0.05, 0.1) is 17.3 Å². The number of ether oxygens (including phenoxy) is 1. The van der Waals surface area contributed by atoms with Crippen LogP contribution in [0.25, 0.3) is 16.3 Å². The van der Waals surface area contributed by atoms with E-state index >= 15 is 0 Å². The second kappa shape index (κ2) is 7.57. The summed E-state index contributed by atoms with van der Waals surface area (Å²) in [7, 11) is 3.93. The van der Waals surface area contributed by atoms with Crippen LogP contribution in [0.1, 0.15) is 52.0 Å². The summed E-state index contributed by atoms with van der Waals surface area (Å²) in [5, 5.41) is 23.9. The summed E-state index contributed by atoms with van der Waals surface area (Å²) in [6.45, 7) is 6.99. The molecule has 1 saturated heterocycles. The van der Waals surface area contributed by atoms with Gasteiger partial charge in [-0.2, -0.15) is 0 Å². The minimum atomic E-state index is -0.933. The van der Waals surface area contributed by atoms with Crippen LogP contribution in [0.15, 0.2) is 64.6 Å². The molecule has 0 amide bonds. The maximum absolute atomic E-state index is 12.6. The van der Waals surface area contributed by atoms with Gasteiger partial charge in [-0.1, -0.05) is 51.1 Å². The summed E-state index contributed by atoms with van der Waals surface area (Å²) in [5.41, 5.74) is 2.94. The largest absolute Gasteiger partial charge is 0.388 e. The Bertz CT molecular complexity index is 1510. The molecule has 7 atom stereocenters. The van der Waals surface area contributed by atoms with Crippen molar-refractivity contribution in [3.8, 4) is 0 Å². The first kappa shape index (κ1) is 24.5. The molecule has 2 fully saturated rings. The molecular formula is C32H38N2O4. The molecule has 5 aliphatic rings. The molecule has 38 heavy (non-hydrogen) atoms. The number of nitrogens with one attached hydrogen (secondary N) is 1. The molecule has 6 heteroatoms. The summed E-state index contributed by atoms with van der Waals surface area (Å²) in [6, 6.07) is 8.05. The zero-order valence-electron chi connectivity index (χ0n) is 22.9. The van der Waals surface area contributed by atoms with Crippen molar-refractivity contribution in [1.29, 1.82) is 0 Å². The maximum Gasteiger partial charge on any atom is 0.255 e. The molecule has 3 heterocycles. The number of benzene rings is 1. The van der Waals surface area contributed by atoms with Gasteiger partial charge in [0.15, 0.2) is 0 Å². The van der Waals surface area contributed by atoms with Gasteiger partial charge in [-0.15, -0.1) is 0 Å². The zero-order chi connectivity index (χ0) is 26.8. The van der Waals surface area contributed by atoms with Crippen molar-refractivity contribution in [3.05, 3.63) is 75.8 Å². The predicted octanol–water partition coefficient (Wildman–Crippen LogP) is 4.19. The van der Waals surface area contributed by atoms with Gasteiger partial charge in [0.2, 0.25) is 0 Å². The molecule has 7 unspecified atom stereocenters. The molecule has 7 rings (SSSR count). The van der Waals surface area contributed by atoms with Crippen LogP contribution in [0.4, 0.5) is 0 Å². The van der Waals surface area contributed by atoms with Crippen LogP contribution in [0.5, 0.6) is 0 Å². The Labute approximate surface area is 223 Å². The van der Waals surface area contributed by atoms with Crippen molar-refractivity contribution in [3.63, 3.8) is 0 Å². The monoisotopic (exact) mass is 514 g/mol. The molecule has 200 valence electrons. The lowest BCUT2D eigenvalue weighted by molar-refractivity contribution is -0.170. The summed E-state index contributed by atoms with van der Waals surface area (Å²) in [4.78, 5) is 17.5. The van der Waals surface area contributed by atoms with Crippen molar-refractivity contribution >= 4 is 16.3 Å². The lowest BCUT2D eigenvalue weighted by Crippen LogP contribution is -2.63. The zero-order valence-corrected chi connectivity index (χ0v) is 22.9. The number of hydrogen-bond donors (Lipinski definition) is 3. The molecular weight excluding hydrogens is 476 g/mol. The van der Waals surface area contributed by atoms with E-state index in [1.54, 1.807) is 6.20 Å². The van der Waals surface area contributed by atoms with E-state index in [0.29, 0.717) is 11.8 Å². The van der Waals surface area contributed by atoms with Crippen LogP contribution in [-0.2, 0) is 4.74 Å². The lowest BCUT2D eigenvalue weighted by atomic mass is 9.49. The van der Waals surface area contributed by atoms with Gasteiger partial charge >= 0.3 is 0 Å². The number of rotatable bonds is 2. The fourth-order valence-electron chi connectivity index (χ4n) is 8.86. The summed E-state index contributed by atoms with van der Waals surface area (Å²) in [5.74, 6) is 0.226. The minimum Gasteiger partial charge on any atom is -0.388 e. The number of hydrogen-bond acceptors (Lipinski definition) is 5. The highest BCUT2D eigenvalue weighted by Gasteiger charge is 2.70. The highest BCUT2D eigenvalue weighted by molar-refractivity contribution is 5.87. The first-order chi connectivity index (χ1) is 17.9. The highest BCUT2D eigenvalue weighted by Crippen LogP contribution is 2.71. The fraction of sp³-hybridized carbons (Fsp3) is 0.531.